The molecule has 5 nitrogen and oxygen atoms in total. The lowest BCUT2D eigenvalue weighted by Gasteiger charge is -2.39. The molecule has 1 heterocycles. The van der Waals surface area contributed by atoms with Crippen molar-refractivity contribution >= 4 is 12.0 Å². The minimum atomic E-state index is -0.542. The maximum absolute atomic E-state index is 12.2. The molecule has 0 aromatic rings. The fraction of sp³-hybridized carbons (Fsp3) is 0.714. The van der Waals surface area contributed by atoms with Crippen molar-refractivity contribution in [1.29, 1.82) is 0 Å². The number of rotatable bonds is 3. The Morgan fingerprint density at radius 3 is 2.63 bits per heavy atom. The molecule has 0 saturated carbocycles. The Hall–Kier alpha value is -1.52. The van der Waals surface area contributed by atoms with E-state index < -0.39 is 17.7 Å². The van der Waals surface area contributed by atoms with Gasteiger partial charge in [-0.3, -0.25) is 9.69 Å². The molecule has 1 aliphatic rings. The highest BCUT2D eigenvalue weighted by atomic mass is 16.6. The number of carbonyl (C=O) groups excluding carboxylic acids is 2. The standard InChI is InChI=1S/C14H24N2O3/c1-6-7-8-15-9-10-16(11(2)12(15)17)13(18)19-14(3,4)5/h6,11H,1,7-10H2,2-5H3/t11-/m1/s1. The van der Waals surface area contributed by atoms with Gasteiger partial charge < -0.3 is 9.64 Å². The fourth-order valence-electron chi connectivity index (χ4n) is 1.97. The van der Waals surface area contributed by atoms with Gasteiger partial charge in [0, 0.05) is 19.6 Å². The monoisotopic (exact) mass is 268 g/mol. The summed E-state index contributed by atoms with van der Waals surface area (Å²) in [4.78, 5) is 27.4. The van der Waals surface area contributed by atoms with Gasteiger partial charge in [-0.25, -0.2) is 4.79 Å². The van der Waals surface area contributed by atoms with E-state index in [2.05, 4.69) is 6.58 Å². The maximum atomic E-state index is 12.2. The molecule has 0 N–H and O–H groups in total. The Morgan fingerprint density at radius 2 is 2.11 bits per heavy atom. The number of piperazine rings is 1. The summed E-state index contributed by atoms with van der Waals surface area (Å²) < 4.78 is 5.31. The second kappa shape index (κ2) is 6.08. The zero-order valence-corrected chi connectivity index (χ0v) is 12.3. The summed E-state index contributed by atoms with van der Waals surface area (Å²) in [6, 6.07) is -0.464. The smallest absolute Gasteiger partial charge is 0.411 e. The van der Waals surface area contributed by atoms with E-state index in [-0.39, 0.29) is 5.91 Å². The average Bonchev–Trinajstić information content (AvgIpc) is 2.28. The predicted molar refractivity (Wildman–Crippen MR) is 73.8 cm³/mol. The Kier molecular flexibility index (Phi) is 4.97. The van der Waals surface area contributed by atoms with Crippen molar-refractivity contribution < 1.29 is 14.3 Å². The second-order valence-corrected chi connectivity index (χ2v) is 5.75. The Morgan fingerprint density at radius 1 is 1.47 bits per heavy atom. The number of hydrogen-bond donors (Lipinski definition) is 0. The van der Waals surface area contributed by atoms with Gasteiger partial charge in [-0.2, -0.15) is 0 Å². The molecule has 0 spiro atoms. The normalized spacial score (nSPS) is 20.4. The van der Waals surface area contributed by atoms with Gasteiger partial charge >= 0.3 is 6.09 Å². The van der Waals surface area contributed by atoms with E-state index in [0.29, 0.717) is 19.6 Å². The molecule has 1 aliphatic heterocycles. The van der Waals surface area contributed by atoms with Gasteiger partial charge in [-0.1, -0.05) is 6.08 Å². The van der Waals surface area contributed by atoms with Crippen LogP contribution in [0, 0.1) is 0 Å². The summed E-state index contributed by atoms with van der Waals surface area (Å²) >= 11 is 0. The molecule has 5 heteroatoms. The lowest BCUT2D eigenvalue weighted by Crippen LogP contribution is -2.58. The molecular weight excluding hydrogens is 244 g/mol. The lowest BCUT2D eigenvalue weighted by molar-refractivity contribution is -0.140. The first kappa shape index (κ1) is 15.5. The molecule has 1 fully saturated rings. The van der Waals surface area contributed by atoms with Crippen molar-refractivity contribution in [2.24, 2.45) is 0 Å². The third kappa shape index (κ3) is 4.26. The summed E-state index contributed by atoms with van der Waals surface area (Å²) in [5, 5.41) is 0. The Balaban J connectivity index is 2.63. The molecule has 0 aromatic carbocycles. The van der Waals surface area contributed by atoms with Gasteiger partial charge in [0.1, 0.15) is 11.6 Å². The van der Waals surface area contributed by atoms with Gasteiger partial charge in [0.05, 0.1) is 0 Å². The van der Waals surface area contributed by atoms with E-state index in [9.17, 15) is 9.59 Å². The molecule has 0 aromatic heterocycles. The molecule has 2 amide bonds. The highest BCUT2D eigenvalue weighted by Crippen LogP contribution is 2.16. The number of carbonyl (C=O) groups is 2. The van der Waals surface area contributed by atoms with Crippen LogP contribution in [0.5, 0.6) is 0 Å². The minimum Gasteiger partial charge on any atom is -0.444 e. The minimum absolute atomic E-state index is 0.0287. The van der Waals surface area contributed by atoms with Crippen LogP contribution in [0.3, 0.4) is 0 Å². The van der Waals surface area contributed by atoms with Crippen LogP contribution in [0.4, 0.5) is 4.79 Å². The highest BCUT2D eigenvalue weighted by Gasteiger charge is 2.35. The van der Waals surface area contributed by atoms with Crippen molar-refractivity contribution in [2.45, 2.75) is 45.8 Å². The maximum Gasteiger partial charge on any atom is 0.411 e. The number of nitrogens with zero attached hydrogens (tertiary/aromatic N) is 2. The second-order valence-electron chi connectivity index (χ2n) is 5.75. The van der Waals surface area contributed by atoms with Crippen LogP contribution in [0.1, 0.15) is 34.1 Å². The summed E-state index contributed by atoms with van der Waals surface area (Å²) in [7, 11) is 0. The van der Waals surface area contributed by atoms with Crippen LogP contribution in [-0.2, 0) is 9.53 Å². The van der Waals surface area contributed by atoms with Gasteiger partial charge in [-0.05, 0) is 34.1 Å². The zero-order chi connectivity index (χ0) is 14.6. The first-order valence-corrected chi connectivity index (χ1v) is 6.65. The SMILES string of the molecule is C=CCCN1CCN(C(=O)OC(C)(C)C)[C@H](C)C1=O. The summed E-state index contributed by atoms with van der Waals surface area (Å²) in [6.07, 6.45) is 2.14. The van der Waals surface area contributed by atoms with Gasteiger partial charge in [0.15, 0.2) is 0 Å². The van der Waals surface area contributed by atoms with Crippen molar-refractivity contribution in [2.75, 3.05) is 19.6 Å². The third-order valence-corrected chi connectivity index (χ3v) is 2.98. The molecule has 1 saturated heterocycles. The molecule has 0 aliphatic carbocycles. The molecule has 1 atom stereocenters. The molecular formula is C14H24N2O3. The number of hydrogen-bond acceptors (Lipinski definition) is 3. The van der Waals surface area contributed by atoms with Gasteiger partial charge in [0.2, 0.25) is 5.91 Å². The van der Waals surface area contributed by atoms with E-state index in [1.165, 1.54) is 4.90 Å². The Labute approximate surface area is 115 Å². The Bertz CT molecular complexity index is 360. The van der Waals surface area contributed by atoms with Gasteiger partial charge in [-0.15, -0.1) is 6.58 Å². The van der Waals surface area contributed by atoms with E-state index >= 15 is 0 Å². The largest absolute Gasteiger partial charge is 0.444 e. The fourth-order valence-corrected chi connectivity index (χ4v) is 1.97. The first-order valence-electron chi connectivity index (χ1n) is 6.65. The number of ether oxygens (including phenoxy) is 1. The zero-order valence-electron chi connectivity index (χ0n) is 12.3. The van der Waals surface area contributed by atoms with Crippen LogP contribution in [0.2, 0.25) is 0 Å². The van der Waals surface area contributed by atoms with Crippen LogP contribution in [-0.4, -0.2) is 53.1 Å². The van der Waals surface area contributed by atoms with E-state index in [1.54, 1.807) is 17.9 Å². The third-order valence-electron chi connectivity index (χ3n) is 2.98. The summed E-state index contributed by atoms with van der Waals surface area (Å²) in [5.74, 6) is -0.0287. The highest BCUT2D eigenvalue weighted by molar-refractivity contribution is 5.86. The summed E-state index contributed by atoms with van der Waals surface area (Å²) in [5.41, 5.74) is -0.542. The van der Waals surface area contributed by atoms with Crippen LogP contribution >= 0.6 is 0 Å². The van der Waals surface area contributed by atoms with Crippen molar-refractivity contribution in [3.63, 3.8) is 0 Å². The van der Waals surface area contributed by atoms with E-state index in [1.807, 2.05) is 20.8 Å². The van der Waals surface area contributed by atoms with E-state index in [0.717, 1.165) is 6.42 Å². The first-order chi connectivity index (χ1) is 8.76. The molecule has 1 rings (SSSR count). The molecule has 0 radical (unpaired) electrons. The lowest BCUT2D eigenvalue weighted by atomic mass is 10.1. The van der Waals surface area contributed by atoms with E-state index in [4.69, 9.17) is 4.74 Å². The molecule has 19 heavy (non-hydrogen) atoms. The van der Waals surface area contributed by atoms with Gasteiger partial charge in [0.25, 0.3) is 0 Å². The van der Waals surface area contributed by atoms with Crippen molar-refractivity contribution in [1.82, 2.24) is 9.80 Å². The molecule has 0 bridgehead atoms. The van der Waals surface area contributed by atoms with Crippen LogP contribution in [0.15, 0.2) is 12.7 Å². The van der Waals surface area contributed by atoms with Crippen molar-refractivity contribution in [3.8, 4) is 0 Å². The predicted octanol–water partition coefficient (Wildman–Crippen LogP) is 2.03. The molecule has 108 valence electrons. The summed E-state index contributed by atoms with van der Waals surface area (Å²) in [6.45, 7) is 12.6. The van der Waals surface area contributed by atoms with Crippen LogP contribution < -0.4 is 0 Å². The quantitative estimate of drug-likeness (QED) is 0.736. The molecule has 0 unspecified atom stereocenters. The van der Waals surface area contributed by atoms with Crippen LogP contribution in [0.25, 0.3) is 0 Å². The number of amides is 2. The topological polar surface area (TPSA) is 49.9 Å². The van der Waals surface area contributed by atoms with Crippen molar-refractivity contribution in [3.05, 3.63) is 12.7 Å². The average molecular weight is 268 g/mol.